The van der Waals surface area contributed by atoms with Crippen molar-refractivity contribution in [1.29, 1.82) is 0 Å². The average Bonchev–Trinajstić information content (AvgIpc) is 3.57. The number of furan rings is 1. The number of carbonyl (C=O) groups excluding carboxylic acids is 2. The van der Waals surface area contributed by atoms with Gasteiger partial charge in [0.2, 0.25) is 11.8 Å². The number of fused-ring (bicyclic) bond motifs is 1. The molecule has 0 spiro atoms. The molecule has 1 atom stereocenters. The van der Waals surface area contributed by atoms with Crippen LogP contribution in [0.4, 0.5) is 0 Å². The van der Waals surface area contributed by atoms with Crippen LogP contribution in [0.15, 0.2) is 64.6 Å². The molecule has 32 heavy (non-hydrogen) atoms. The van der Waals surface area contributed by atoms with E-state index in [1.54, 1.807) is 30.2 Å². The Labute approximate surface area is 188 Å². The van der Waals surface area contributed by atoms with Gasteiger partial charge in [-0.05, 0) is 35.7 Å². The van der Waals surface area contributed by atoms with E-state index >= 15 is 0 Å². The van der Waals surface area contributed by atoms with Crippen LogP contribution < -0.4 is 5.32 Å². The van der Waals surface area contributed by atoms with E-state index in [9.17, 15) is 9.59 Å². The maximum Gasteiger partial charge on any atom is 0.248 e. The second-order valence-corrected chi connectivity index (χ2v) is 8.02. The Morgan fingerprint density at radius 2 is 2.09 bits per heavy atom. The smallest absolute Gasteiger partial charge is 0.248 e. The zero-order valence-corrected chi connectivity index (χ0v) is 18.3. The number of thiophene rings is 1. The lowest BCUT2D eigenvalue weighted by atomic mass is 10.1. The molecule has 0 aliphatic rings. The van der Waals surface area contributed by atoms with Crippen LogP contribution in [0.25, 0.3) is 11.0 Å². The van der Waals surface area contributed by atoms with Crippen molar-refractivity contribution in [3.05, 3.63) is 70.8 Å². The van der Waals surface area contributed by atoms with Gasteiger partial charge in [0.15, 0.2) is 0 Å². The number of hydrogen-bond acceptors (Lipinski definition) is 7. The summed E-state index contributed by atoms with van der Waals surface area (Å²) in [4.78, 5) is 29.0. The molecule has 3 aromatic heterocycles. The third kappa shape index (κ3) is 4.87. The van der Waals surface area contributed by atoms with Crippen LogP contribution in [-0.2, 0) is 27.4 Å². The summed E-state index contributed by atoms with van der Waals surface area (Å²) in [5, 5.41) is 13.0. The highest BCUT2D eigenvalue weighted by molar-refractivity contribution is 7.10. The van der Waals surface area contributed by atoms with Gasteiger partial charge in [-0.1, -0.05) is 23.4 Å². The number of nitrogens with zero attached hydrogens (tertiary/aromatic N) is 4. The van der Waals surface area contributed by atoms with Crippen molar-refractivity contribution < 1.29 is 18.7 Å². The molecule has 1 N–H and O–H groups in total. The van der Waals surface area contributed by atoms with E-state index in [-0.39, 0.29) is 24.9 Å². The lowest BCUT2D eigenvalue weighted by Gasteiger charge is -2.30. The fourth-order valence-electron chi connectivity index (χ4n) is 3.39. The van der Waals surface area contributed by atoms with E-state index in [2.05, 4.69) is 15.6 Å². The number of ether oxygens (including phenoxy) is 1. The Morgan fingerprint density at radius 3 is 2.84 bits per heavy atom. The first kappa shape index (κ1) is 21.7. The summed E-state index contributed by atoms with van der Waals surface area (Å²) in [6, 6.07) is 13.8. The third-order valence-electron chi connectivity index (χ3n) is 4.91. The first-order valence-electron chi connectivity index (χ1n) is 10.1. The number of para-hydroxylation sites is 1. The first-order chi connectivity index (χ1) is 15.7. The molecule has 10 heteroatoms. The van der Waals surface area contributed by atoms with Crippen molar-refractivity contribution >= 4 is 34.2 Å². The number of amides is 2. The summed E-state index contributed by atoms with van der Waals surface area (Å²) in [7, 11) is 1.57. The van der Waals surface area contributed by atoms with Gasteiger partial charge in [-0.15, -0.1) is 16.4 Å². The fraction of sp³-hybridized carbons (Fsp3) is 0.273. The fourth-order valence-corrected chi connectivity index (χ4v) is 4.23. The molecule has 1 aromatic carbocycles. The number of carbonyl (C=O) groups is 2. The molecule has 0 saturated heterocycles. The number of rotatable bonds is 10. The maximum absolute atomic E-state index is 13.5. The van der Waals surface area contributed by atoms with Gasteiger partial charge in [-0.25, -0.2) is 4.68 Å². The predicted molar refractivity (Wildman–Crippen MR) is 119 cm³/mol. The van der Waals surface area contributed by atoms with Crippen LogP contribution in [0.1, 0.15) is 16.7 Å². The number of aromatic nitrogens is 3. The maximum atomic E-state index is 13.5. The molecule has 4 rings (SSSR count). The summed E-state index contributed by atoms with van der Waals surface area (Å²) in [5.74, 6) is 0.0123. The third-order valence-corrected chi connectivity index (χ3v) is 5.83. The molecule has 0 aliphatic carbocycles. The number of benzene rings is 1. The van der Waals surface area contributed by atoms with Crippen LogP contribution in [0.2, 0.25) is 0 Å². The Morgan fingerprint density at radius 1 is 1.22 bits per heavy atom. The molecular formula is C22H23N5O4S. The Kier molecular flexibility index (Phi) is 6.93. The monoisotopic (exact) mass is 453 g/mol. The summed E-state index contributed by atoms with van der Waals surface area (Å²) >= 11 is 1.42. The molecule has 3 heterocycles. The Hall–Kier alpha value is -3.50. The molecule has 0 unspecified atom stereocenters. The normalized spacial score (nSPS) is 12.0. The Bertz CT molecular complexity index is 1160. The predicted octanol–water partition coefficient (Wildman–Crippen LogP) is 2.62. The van der Waals surface area contributed by atoms with Gasteiger partial charge in [0.1, 0.15) is 23.9 Å². The van der Waals surface area contributed by atoms with Gasteiger partial charge in [-0.3, -0.25) is 9.59 Å². The van der Waals surface area contributed by atoms with E-state index in [1.165, 1.54) is 16.2 Å². The number of methoxy groups -OCH3 is 1. The van der Waals surface area contributed by atoms with E-state index in [1.807, 2.05) is 41.8 Å². The molecule has 0 bridgehead atoms. The van der Waals surface area contributed by atoms with Gasteiger partial charge in [-0.2, -0.15) is 0 Å². The summed E-state index contributed by atoms with van der Waals surface area (Å²) in [5.41, 5.74) is 1.45. The standard InChI is InChI=1S/C22H23N5O4S/c1-30-12-10-23-22(29)21(19-9-5-13-32-19)26(14-16-6-4-11-31-16)20(28)15-27-18-8-3-2-7-17(18)24-25-27/h2-9,11,13,21H,10,12,14-15H2,1H3,(H,23,29)/t21-/m1/s1. The highest BCUT2D eigenvalue weighted by Crippen LogP contribution is 2.28. The van der Waals surface area contributed by atoms with E-state index < -0.39 is 6.04 Å². The van der Waals surface area contributed by atoms with Gasteiger partial charge in [0.05, 0.1) is 24.9 Å². The molecule has 0 radical (unpaired) electrons. The van der Waals surface area contributed by atoms with Crippen molar-refractivity contribution in [2.45, 2.75) is 19.1 Å². The molecule has 166 valence electrons. The van der Waals surface area contributed by atoms with Crippen LogP contribution in [0, 0.1) is 0 Å². The summed E-state index contributed by atoms with van der Waals surface area (Å²) < 4.78 is 12.1. The quantitative estimate of drug-likeness (QED) is 0.370. The highest BCUT2D eigenvalue weighted by Gasteiger charge is 2.33. The minimum Gasteiger partial charge on any atom is -0.467 e. The van der Waals surface area contributed by atoms with Gasteiger partial charge < -0.3 is 19.4 Å². The summed E-state index contributed by atoms with van der Waals surface area (Å²) in [6.45, 7) is 0.793. The largest absolute Gasteiger partial charge is 0.467 e. The minimum atomic E-state index is -0.820. The SMILES string of the molecule is COCCNC(=O)[C@@H](c1cccs1)N(Cc1ccco1)C(=O)Cn1nnc2ccccc21. The molecule has 2 amide bonds. The zero-order chi connectivity index (χ0) is 22.3. The number of nitrogens with one attached hydrogen (secondary N) is 1. The summed E-state index contributed by atoms with van der Waals surface area (Å²) in [6.07, 6.45) is 1.54. The second kappa shape index (κ2) is 10.2. The first-order valence-corrected chi connectivity index (χ1v) is 11.0. The average molecular weight is 454 g/mol. The molecule has 0 aliphatic heterocycles. The van der Waals surface area contributed by atoms with Gasteiger partial charge in [0.25, 0.3) is 0 Å². The molecule has 9 nitrogen and oxygen atoms in total. The molecule has 0 saturated carbocycles. The van der Waals surface area contributed by atoms with Crippen LogP contribution in [-0.4, -0.2) is 52.0 Å². The minimum absolute atomic E-state index is 0.0611. The zero-order valence-electron chi connectivity index (χ0n) is 17.5. The lowest BCUT2D eigenvalue weighted by molar-refractivity contribution is -0.142. The van der Waals surface area contributed by atoms with Gasteiger partial charge in [0, 0.05) is 18.5 Å². The van der Waals surface area contributed by atoms with Crippen molar-refractivity contribution in [3.63, 3.8) is 0 Å². The van der Waals surface area contributed by atoms with Crippen molar-refractivity contribution in [3.8, 4) is 0 Å². The van der Waals surface area contributed by atoms with Crippen molar-refractivity contribution in [2.24, 2.45) is 0 Å². The van der Waals surface area contributed by atoms with E-state index in [4.69, 9.17) is 9.15 Å². The second-order valence-electron chi connectivity index (χ2n) is 7.04. The highest BCUT2D eigenvalue weighted by atomic mass is 32.1. The van der Waals surface area contributed by atoms with Crippen LogP contribution >= 0.6 is 11.3 Å². The van der Waals surface area contributed by atoms with E-state index in [0.29, 0.717) is 24.4 Å². The molecule has 4 aromatic rings. The van der Waals surface area contributed by atoms with E-state index in [0.717, 1.165) is 10.4 Å². The Balaban J connectivity index is 1.65. The number of hydrogen-bond donors (Lipinski definition) is 1. The van der Waals surface area contributed by atoms with Crippen molar-refractivity contribution in [1.82, 2.24) is 25.2 Å². The topological polar surface area (TPSA) is 102 Å². The van der Waals surface area contributed by atoms with Crippen LogP contribution in [0.5, 0.6) is 0 Å². The van der Waals surface area contributed by atoms with Crippen molar-refractivity contribution in [2.75, 3.05) is 20.3 Å². The van der Waals surface area contributed by atoms with Crippen LogP contribution in [0.3, 0.4) is 0 Å². The molecule has 0 fully saturated rings. The lowest BCUT2D eigenvalue weighted by Crippen LogP contribution is -2.45. The van der Waals surface area contributed by atoms with Gasteiger partial charge >= 0.3 is 0 Å². The molecular weight excluding hydrogens is 430 g/mol.